The minimum atomic E-state index is -0.391. The Bertz CT molecular complexity index is 303. The highest BCUT2D eigenvalue weighted by Gasteiger charge is 2.37. The number of ether oxygens (including phenoxy) is 1. The van der Waals surface area contributed by atoms with Crippen LogP contribution in [0.15, 0.2) is 12.2 Å². The van der Waals surface area contributed by atoms with Gasteiger partial charge in [0.15, 0.2) is 0 Å². The third kappa shape index (κ3) is 3.07. The van der Waals surface area contributed by atoms with E-state index in [1.54, 1.807) is 0 Å². The lowest BCUT2D eigenvalue weighted by Crippen LogP contribution is -2.40. The molecule has 1 aliphatic heterocycles. The third-order valence-electron chi connectivity index (χ3n) is 3.72. The van der Waals surface area contributed by atoms with Gasteiger partial charge in [0, 0.05) is 19.5 Å². The summed E-state index contributed by atoms with van der Waals surface area (Å²) in [5.74, 6) is 0.394. The largest absolute Gasteiger partial charge is 0.468 e. The molecule has 0 aromatic heterocycles. The maximum Gasteiger partial charge on any atom is 0.323 e. The van der Waals surface area contributed by atoms with Crippen molar-refractivity contribution in [3.8, 4) is 0 Å². The Morgan fingerprint density at radius 2 is 2.35 bits per heavy atom. The molecule has 2 rings (SSSR count). The van der Waals surface area contributed by atoms with E-state index in [-0.39, 0.29) is 12.0 Å². The lowest BCUT2D eigenvalue weighted by Gasteiger charge is -2.27. The molecular weight excluding hydrogens is 218 g/mol. The molecule has 0 spiro atoms. The van der Waals surface area contributed by atoms with Gasteiger partial charge in [0.2, 0.25) is 0 Å². The van der Waals surface area contributed by atoms with Crippen molar-refractivity contribution in [1.29, 1.82) is 0 Å². The van der Waals surface area contributed by atoms with Crippen molar-refractivity contribution in [2.75, 3.05) is 20.2 Å². The quantitative estimate of drug-likeness (QED) is 0.588. The van der Waals surface area contributed by atoms with Crippen LogP contribution in [0.1, 0.15) is 25.7 Å². The molecule has 96 valence electrons. The molecule has 4 heteroatoms. The molecule has 1 aliphatic carbocycles. The predicted octanol–water partition coefficient (Wildman–Crippen LogP) is 0.951. The fraction of sp³-hybridized carbons (Fsp3) is 0.769. The second-order valence-corrected chi connectivity index (χ2v) is 5.03. The summed E-state index contributed by atoms with van der Waals surface area (Å²) in [4.78, 5) is 13.7. The summed E-state index contributed by atoms with van der Waals surface area (Å²) in [6, 6.07) is -0.249. The number of esters is 1. The van der Waals surface area contributed by atoms with E-state index < -0.39 is 6.10 Å². The van der Waals surface area contributed by atoms with Gasteiger partial charge >= 0.3 is 5.97 Å². The van der Waals surface area contributed by atoms with Gasteiger partial charge in [-0.15, -0.1) is 0 Å². The van der Waals surface area contributed by atoms with Crippen LogP contribution in [0.25, 0.3) is 0 Å². The van der Waals surface area contributed by atoms with Crippen LogP contribution in [0.4, 0.5) is 0 Å². The van der Waals surface area contributed by atoms with E-state index >= 15 is 0 Å². The van der Waals surface area contributed by atoms with Gasteiger partial charge in [-0.25, -0.2) is 0 Å². The fourth-order valence-electron chi connectivity index (χ4n) is 2.82. The molecule has 1 saturated heterocycles. The molecule has 0 radical (unpaired) electrons. The standard InChI is InChI=1S/C13H21NO3/c1-17-13(16)12-7-11(15)9-14(12)8-10-5-3-2-4-6-10/h2-3,10-12,15H,4-9H2,1H3/t10-,11+,12+/m1/s1. The van der Waals surface area contributed by atoms with Crippen molar-refractivity contribution >= 4 is 5.97 Å². The number of aliphatic hydroxyl groups is 1. The molecule has 0 amide bonds. The first-order valence-electron chi connectivity index (χ1n) is 6.35. The molecule has 0 unspecified atom stereocenters. The summed E-state index contributed by atoms with van der Waals surface area (Å²) < 4.78 is 4.80. The first-order valence-corrected chi connectivity index (χ1v) is 6.35. The summed E-state index contributed by atoms with van der Waals surface area (Å²) >= 11 is 0. The van der Waals surface area contributed by atoms with Crippen molar-refractivity contribution in [2.24, 2.45) is 5.92 Å². The Kier molecular flexibility index (Phi) is 4.18. The molecular formula is C13H21NO3. The van der Waals surface area contributed by atoms with Gasteiger partial charge in [-0.3, -0.25) is 9.69 Å². The summed E-state index contributed by atoms with van der Waals surface area (Å²) in [6.07, 6.45) is 7.94. The van der Waals surface area contributed by atoms with E-state index in [2.05, 4.69) is 17.1 Å². The number of aliphatic hydroxyl groups excluding tert-OH is 1. The number of allylic oxidation sites excluding steroid dienone is 2. The average Bonchev–Trinajstić information content (AvgIpc) is 2.70. The Labute approximate surface area is 102 Å². The number of carbonyl (C=O) groups is 1. The lowest BCUT2D eigenvalue weighted by atomic mass is 9.94. The van der Waals surface area contributed by atoms with Gasteiger partial charge in [-0.1, -0.05) is 12.2 Å². The van der Waals surface area contributed by atoms with Crippen LogP contribution in [-0.4, -0.2) is 48.3 Å². The van der Waals surface area contributed by atoms with Gasteiger partial charge in [-0.05, 0) is 25.2 Å². The van der Waals surface area contributed by atoms with Crippen LogP contribution in [0.5, 0.6) is 0 Å². The highest BCUT2D eigenvalue weighted by atomic mass is 16.5. The number of hydrogen-bond donors (Lipinski definition) is 1. The summed E-state index contributed by atoms with van der Waals surface area (Å²) in [6.45, 7) is 1.49. The van der Waals surface area contributed by atoms with Gasteiger partial charge in [0.25, 0.3) is 0 Å². The molecule has 4 nitrogen and oxygen atoms in total. The number of methoxy groups -OCH3 is 1. The smallest absolute Gasteiger partial charge is 0.323 e. The minimum absolute atomic E-state index is 0.215. The molecule has 1 N–H and O–H groups in total. The van der Waals surface area contributed by atoms with E-state index in [1.165, 1.54) is 13.5 Å². The van der Waals surface area contributed by atoms with Gasteiger partial charge in [0.1, 0.15) is 6.04 Å². The lowest BCUT2D eigenvalue weighted by molar-refractivity contribution is -0.146. The maximum absolute atomic E-state index is 11.6. The van der Waals surface area contributed by atoms with E-state index in [9.17, 15) is 9.90 Å². The van der Waals surface area contributed by atoms with Gasteiger partial charge in [0.05, 0.1) is 13.2 Å². The molecule has 2 aliphatic rings. The van der Waals surface area contributed by atoms with Crippen LogP contribution in [0.2, 0.25) is 0 Å². The van der Waals surface area contributed by atoms with Crippen LogP contribution in [0, 0.1) is 5.92 Å². The van der Waals surface area contributed by atoms with Crippen molar-refractivity contribution in [2.45, 2.75) is 37.8 Å². The van der Waals surface area contributed by atoms with Gasteiger partial charge in [-0.2, -0.15) is 0 Å². The Morgan fingerprint density at radius 3 is 3.00 bits per heavy atom. The molecule has 1 fully saturated rings. The van der Waals surface area contributed by atoms with E-state index in [0.29, 0.717) is 18.9 Å². The van der Waals surface area contributed by atoms with Crippen LogP contribution < -0.4 is 0 Å². The highest BCUT2D eigenvalue weighted by Crippen LogP contribution is 2.25. The minimum Gasteiger partial charge on any atom is -0.468 e. The number of carbonyl (C=O) groups excluding carboxylic acids is 1. The molecule has 0 saturated carbocycles. The number of β-amino-alcohol motifs (C(OH)–C–C–N with tert-alkyl or cyclic N) is 1. The zero-order valence-electron chi connectivity index (χ0n) is 10.3. The van der Waals surface area contributed by atoms with Crippen LogP contribution in [0.3, 0.4) is 0 Å². The monoisotopic (exact) mass is 239 g/mol. The van der Waals surface area contributed by atoms with Crippen LogP contribution in [-0.2, 0) is 9.53 Å². The SMILES string of the molecule is COC(=O)[C@@H]1C[C@H](O)CN1C[C@@H]1CC=CCC1. The van der Waals surface area contributed by atoms with Crippen molar-refractivity contribution in [3.05, 3.63) is 12.2 Å². The van der Waals surface area contributed by atoms with Crippen LogP contribution >= 0.6 is 0 Å². The molecule has 0 aromatic rings. The van der Waals surface area contributed by atoms with Gasteiger partial charge < -0.3 is 9.84 Å². The fourth-order valence-corrected chi connectivity index (χ4v) is 2.82. The first-order chi connectivity index (χ1) is 8.20. The molecule has 1 heterocycles. The zero-order chi connectivity index (χ0) is 12.3. The highest BCUT2D eigenvalue weighted by molar-refractivity contribution is 5.76. The second kappa shape index (κ2) is 5.65. The average molecular weight is 239 g/mol. The van der Waals surface area contributed by atoms with Crippen molar-refractivity contribution in [1.82, 2.24) is 4.90 Å². The maximum atomic E-state index is 11.6. The topological polar surface area (TPSA) is 49.8 Å². The number of nitrogens with zero attached hydrogens (tertiary/aromatic N) is 1. The number of hydrogen-bond acceptors (Lipinski definition) is 4. The normalized spacial score (nSPS) is 33.9. The third-order valence-corrected chi connectivity index (χ3v) is 3.72. The Balaban J connectivity index is 1.93. The number of rotatable bonds is 3. The summed E-state index contributed by atoms with van der Waals surface area (Å²) in [5, 5.41) is 9.68. The van der Waals surface area contributed by atoms with E-state index in [1.807, 2.05) is 0 Å². The Morgan fingerprint density at radius 1 is 1.53 bits per heavy atom. The molecule has 0 bridgehead atoms. The molecule has 0 aromatic carbocycles. The van der Waals surface area contributed by atoms with Crippen molar-refractivity contribution < 1.29 is 14.6 Å². The van der Waals surface area contributed by atoms with E-state index in [0.717, 1.165) is 19.4 Å². The summed E-state index contributed by atoms with van der Waals surface area (Å²) in [5.41, 5.74) is 0. The van der Waals surface area contributed by atoms with Crippen molar-refractivity contribution in [3.63, 3.8) is 0 Å². The molecule has 3 atom stereocenters. The summed E-state index contributed by atoms with van der Waals surface area (Å²) in [7, 11) is 1.41. The Hall–Kier alpha value is -0.870. The second-order valence-electron chi connectivity index (χ2n) is 5.03. The molecule has 17 heavy (non-hydrogen) atoms. The van der Waals surface area contributed by atoms with E-state index in [4.69, 9.17) is 4.74 Å². The zero-order valence-corrected chi connectivity index (χ0v) is 10.3. The predicted molar refractivity (Wildman–Crippen MR) is 64.5 cm³/mol. The first kappa shape index (κ1) is 12.6. The number of likely N-dealkylation sites (tertiary alicyclic amines) is 1.